The zero-order valence-electron chi connectivity index (χ0n) is 23.1. The van der Waals surface area contributed by atoms with Crippen LogP contribution in [0.25, 0.3) is 6.08 Å². The molecule has 0 unspecified atom stereocenters. The van der Waals surface area contributed by atoms with Crippen molar-refractivity contribution in [3.05, 3.63) is 112 Å². The predicted molar refractivity (Wildman–Crippen MR) is 152 cm³/mol. The molecule has 41 heavy (non-hydrogen) atoms. The SMILES string of the molecule is C[C@H]1CN(C2CC(C(=O)NCc3cc(CF)cc(C(F)(F)F)c3)(c3ccccc3)C2)CC[C@@]12C=Cc1ccccc12. The van der Waals surface area contributed by atoms with Gasteiger partial charge < -0.3 is 5.32 Å². The van der Waals surface area contributed by atoms with Crippen LogP contribution in [0.5, 0.6) is 0 Å². The number of hydrogen-bond donors (Lipinski definition) is 1. The van der Waals surface area contributed by atoms with Gasteiger partial charge >= 0.3 is 6.18 Å². The molecule has 3 aliphatic rings. The lowest BCUT2D eigenvalue weighted by molar-refractivity contribution is -0.137. The van der Waals surface area contributed by atoms with E-state index in [1.165, 1.54) is 17.2 Å². The summed E-state index contributed by atoms with van der Waals surface area (Å²) in [5.74, 6) is 0.218. The monoisotopic (exact) mass is 562 g/mol. The van der Waals surface area contributed by atoms with Crippen molar-refractivity contribution < 1.29 is 22.4 Å². The first-order valence-electron chi connectivity index (χ1n) is 14.3. The number of alkyl halides is 4. The fourth-order valence-corrected chi connectivity index (χ4v) is 7.32. The first-order valence-corrected chi connectivity index (χ1v) is 14.3. The molecule has 2 aliphatic carbocycles. The largest absolute Gasteiger partial charge is 0.416 e. The first kappa shape index (κ1) is 27.7. The number of likely N-dealkylation sites (tertiary alicyclic amines) is 1. The molecule has 1 aliphatic heterocycles. The van der Waals surface area contributed by atoms with Crippen LogP contribution in [0, 0.1) is 5.92 Å². The van der Waals surface area contributed by atoms with E-state index in [2.05, 4.69) is 53.6 Å². The standard InChI is InChI=1S/C34H34F4N2O/c1-23-22-40(14-13-32(23)12-11-26-7-5-6-10-30(26)32)29-18-33(19-29,27-8-3-2-4-9-27)31(41)39-21-25-15-24(20-35)16-28(17-25)34(36,37)38/h2-12,15-17,23,29H,13-14,18-22H2,1H3,(H,39,41)/t23-,29?,32-,33?/m0/s1. The summed E-state index contributed by atoms with van der Waals surface area (Å²) in [6.45, 7) is 3.10. The third-order valence-electron chi connectivity index (χ3n) is 9.66. The number of carbonyl (C=O) groups excluding carboxylic acids is 1. The van der Waals surface area contributed by atoms with Gasteiger partial charge in [-0.05, 0) is 71.7 Å². The molecule has 3 aromatic carbocycles. The number of halogens is 4. The molecule has 1 amide bonds. The molecule has 3 nitrogen and oxygen atoms in total. The molecule has 2 fully saturated rings. The minimum absolute atomic E-state index is 0.0498. The predicted octanol–water partition coefficient (Wildman–Crippen LogP) is 7.20. The van der Waals surface area contributed by atoms with E-state index in [0.717, 1.165) is 37.2 Å². The van der Waals surface area contributed by atoms with Crippen molar-refractivity contribution in [2.75, 3.05) is 13.1 Å². The Hall–Kier alpha value is -3.45. The number of carbonyl (C=O) groups is 1. The summed E-state index contributed by atoms with van der Waals surface area (Å²) >= 11 is 0. The fraction of sp³-hybridized carbons (Fsp3) is 0.382. The molecular formula is C34H34F4N2O. The number of hydrogen-bond acceptors (Lipinski definition) is 2. The highest BCUT2D eigenvalue weighted by Crippen LogP contribution is 2.51. The molecule has 2 atom stereocenters. The van der Waals surface area contributed by atoms with Crippen molar-refractivity contribution in [2.24, 2.45) is 5.92 Å². The Bertz CT molecular complexity index is 1460. The van der Waals surface area contributed by atoms with E-state index in [1.807, 2.05) is 30.3 Å². The lowest BCUT2D eigenvalue weighted by atomic mass is 9.59. The smallest absolute Gasteiger partial charge is 0.351 e. The number of benzene rings is 3. The third-order valence-corrected chi connectivity index (χ3v) is 9.66. The summed E-state index contributed by atoms with van der Waals surface area (Å²) in [7, 11) is 0. The summed E-state index contributed by atoms with van der Waals surface area (Å²) in [4.78, 5) is 16.3. The molecule has 7 heteroatoms. The van der Waals surface area contributed by atoms with E-state index in [0.29, 0.717) is 18.8 Å². The van der Waals surface area contributed by atoms with Crippen molar-refractivity contribution >= 4 is 12.0 Å². The average molecular weight is 563 g/mol. The van der Waals surface area contributed by atoms with E-state index < -0.39 is 23.8 Å². The van der Waals surface area contributed by atoms with E-state index in [1.54, 1.807) is 0 Å². The Labute approximate surface area is 238 Å². The van der Waals surface area contributed by atoms with Crippen LogP contribution < -0.4 is 5.32 Å². The minimum Gasteiger partial charge on any atom is -0.351 e. The molecule has 214 valence electrons. The minimum atomic E-state index is -4.59. The van der Waals surface area contributed by atoms with Gasteiger partial charge in [-0.25, -0.2) is 4.39 Å². The number of piperidine rings is 1. The molecule has 1 saturated heterocycles. The van der Waals surface area contributed by atoms with Crippen LogP contribution in [-0.2, 0) is 35.0 Å². The highest BCUT2D eigenvalue weighted by molar-refractivity contribution is 5.89. The van der Waals surface area contributed by atoms with Crippen LogP contribution in [0.4, 0.5) is 17.6 Å². The highest BCUT2D eigenvalue weighted by atomic mass is 19.4. The molecule has 1 N–H and O–H groups in total. The summed E-state index contributed by atoms with van der Waals surface area (Å²) in [6.07, 6.45) is 2.35. The molecular weight excluding hydrogens is 528 g/mol. The number of amides is 1. The van der Waals surface area contributed by atoms with Gasteiger partial charge in [-0.1, -0.05) is 79.7 Å². The first-order chi connectivity index (χ1) is 19.6. The summed E-state index contributed by atoms with van der Waals surface area (Å²) < 4.78 is 53.4. The summed E-state index contributed by atoms with van der Waals surface area (Å²) in [5.41, 5.74) is 2.19. The maximum absolute atomic E-state index is 13.8. The Morgan fingerprint density at radius 3 is 2.41 bits per heavy atom. The fourth-order valence-electron chi connectivity index (χ4n) is 7.32. The maximum atomic E-state index is 13.8. The highest BCUT2D eigenvalue weighted by Gasteiger charge is 2.54. The van der Waals surface area contributed by atoms with Crippen LogP contribution in [-0.4, -0.2) is 29.9 Å². The van der Waals surface area contributed by atoms with Gasteiger partial charge in [0, 0.05) is 24.5 Å². The summed E-state index contributed by atoms with van der Waals surface area (Å²) in [5, 5.41) is 2.90. The Kier molecular flexibility index (Phi) is 7.05. The van der Waals surface area contributed by atoms with Crippen LogP contribution >= 0.6 is 0 Å². The molecule has 1 heterocycles. The zero-order chi connectivity index (χ0) is 28.8. The summed E-state index contributed by atoms with van der Waals surface area (Å²) in [6, 6.07) is 21.7. The Morgan fingerprint density at radius 2 is 1.71 bits per heavy atom. The van der Waals surface area contributed by atoms with Gasteiger partial charge in [-0.3, -0.25) is 9.69 Å². The van der Waals surface area contributed by atoms with Crippen molar-refractivity contribution in [1.82, 2.24) is 10.2 Å². The van der Waals surface area contributed by atoms with E-state index >= 15 is 0 Å². The Morgan fingerprint density at radius 1 is 1.00 bits per heavy atom. The quantitative estimate of drug-likeness (QED) is 0.323. The molecule has 1 saturated carbocycles. The van der Waals surface area contributed by atoms with Crippen molar-refractivity contribution in [3.8, 4) is 0 Å². The second-order valence-electron chi connectivity index (χ2n) is 12.0. The molecule has 0 bridgehead atoms. The van der Waals surface area contributed by atoms with Gasteiger partial charge in [0.15, 0.2) is 0 Å². The lowest BCUT2D eigenvalue weighted by Gasteiger charge is -2.55. The molecule has 1 spiro atoms. The van der Waals surface area contributed by atoms with E-state index in [-0.39, 0.29) is 35.0 Å². The van der Waals surface area contributed by atoms with Crippen LogP contribution in [0.3, 0.4) is 0 Å². The molecule has 3 aromatic rings. The van der Waals surface area contributed by atoms with E-state index in [4.69, 9.17) is 0 Å². The van der Waals surface area contributed by atoms with Gasteiger partial charge in [0.2, 0.25) is 5.91 Å². The number of fused-ring (bicyclic) bond motifs is 2. The zero-order valence-corrected chi connectivity index (χ0v) is 23.1. The molecule has 0 radical (unpaired) electrons. The number of nitrogens with one attached hydrogen (secondary N) is 1. The van der Waals surface area contributed by atoms with Crippen LogP contribution in [0.1, 0.15) is 59.6 Å². The van der Waals surface area contributed by atoms with Crippen molar-refractivity contribution in [2.45, 2.75) is 62.5 Å². The number of rotatable bonds is 6. The maximum Gasteiger partial charge on any atom is 0.416 e. The topological polar surface area (TPSA) is 32.3 Å². The van der Waals surface area contributed by atoms with Gasteiger partial charge in [0.25, 0.3) is 0 Å². The second-order valence-corrected chi connectivity index (χ2v) is 12.0. The van der Waals surface area contributed by atoms with Gasteiger partial charge in [0.1, 0.15) is 6.67 Å². The van der Waals surface area contributed by atoms with Crippen LogP contribution in [0.2, 0.25) is 0 Å². The van der Waals surface area contributed by atoms with Gasteiger partial charge in [-0.15, -0.1) is 0 Å². The van der Waals surface area contributed by atoms with Gasteiger partial charge in [0.05, 0.1) is 11.0 Å². The van der Waals surface area contributed by atoms with Crippen molar-refractivity contribution in [1.29, 1.82) is 0 Å². The second kappa shape index (κ2) is 10.4. The van der Waals surface area contributed by atoms with Crippen molar-refractivity contribution in [3.63, 3.8) is 0 Å². The Balaban J connectivity index is 1.17. The number of allylic oxidation sites excluding steroid dienone is 1. The molecule has 0 aromatic heterocycles. The van der Waals surface area contributed by atoms with E-state index in [9.17, 15) is 22.4 Å². The molecule has 6 rings (SSSR count). The lowest BCUT2D eigenvalue weighted by Crippen LogP contribution is -2.62. The number of nitrogens with zero attached hydrogens (tertiary/aromatic N) is 1. The third kappa shape index (κ3) is 4.88. The normalized spacial score (nSPS) is 27.4. The van der Waals surface area contributed by atoms with Crippen LogP contribution in [0.15, 0.2) is 78.9 Å². The average Bonchev–Trinajstić information content (AvgIpc) is 3.32. The van der Waals surface area contributed by atoms with Gasteiger partial charge in [-0.2, -0.15) is 13.2 Å².